The van der Waals surface area contributed by atoms with E-state index in [1.165, 1.54) is 22.8 Å². The van der Waals surface area contributed by atoms with E-state index in [1.54, 1.807) is 17.7 Å². The first-order valence-corrected chi connectivity index (χ1v) is 12.1. The molecule has 0 atom stereocenters. The zero-order valence-electron chi connectivity index (χ0n) is 20.2. The molecular formula is C25H20ClF3N4O6. The van der Waals surface area contributed by atoms with E-state index < -0.39 is 52.0 Å². The van der Waals surface area contributed by atoms with Crippen molar-refractivity contribution in [2.24, 2.45) is 13.0 Å². The summed E-state index contributed by atoms with van der Waals surface area (Å²) in [4.78, 5) is 50.6. The number of hydrogen-bond donors (Lipinski definition) is 1. The van der Waals surface area contributed by atoms with E-state index in [4.69, 9.17) is 16.7 Å². The van der Waals surface area contributed by atoms with E-state index in [1.807, 2.05) is 0 Å². The molecule has 0 aliphatic heterocycles. The molecule has 2 aromatic carbocycles. The summed E-state index contributed by atoms with van der Waals surface area (Å²) < 4.78 is 50.1. The van der Waals surface area contributed by atoms with Crippen LogP contribution < -0.4 is 21.7 Å². The van der Waals surface area contributed by atoms with Gasteiger partial charge in [0, 0.05) is 13.6 Å². The Hall–Kier alpha value is -4.26. The molecule has 1 N–H and O–H groups in total. The zero-order chi connectivity index (χ0) is 28.2. The molecule has 0 radical (unpaired) electrons. The van der Waals surface area contributed by atoms with Crippen LogP contribution in [0.15, 0.2) is 57.0 Å². The summed E-state index contributed by atoms with van der Waals surface area (Å²) in [5, 5.41) is 8.50. The number of fused-ring (bicyclic) bond motifs is 1. The first kappa shape index (κ1) is 26.4. The summed E-state index contributed by atoms with van der Waals surface area (Å²) in [5.74, 6) is -0.459. The molecule has 0 amide bonds. The predicted molar refractivity (Wildman–Crippen MR) is 134 cm³/mol. The van der Waals surface area contributed by atoms with Crippen LogP contribution in [-0.2, 0) is 26.3 Å². The summed E-state index contributed by atoms with van der Waals surface area (Å²) in [6.07, 6.45) is -3.95. The minimum absolute atomic E-state index is 0.133. The second-order valence-electron chi connectivity index (χ2n) is 9.25. The van der Waals surface area contributed by atoms with Gasteiger partial charge in [0.25, 0.3) is 5.56 Å². The fourth-order valence-corrected chi connectivity index (χ4v) is 4.84. The van der Waals surface area contributed by atoms with Crippen molar-refractivity contribution in [3.05, 3.63) is 90.1 Å². The molecule has 4 aromatic rings. The Morgan fingerprint density at radius 1 is 1.08 bits per heavy atom. The highest BCUT2D eigenvalue weighted by atomic mass is 35.5. The summed E-state index contributed by atoms with van der Waals surface area (Å²) in [6.45, 7) is -0.403. The monoisotopic (exact) mass is 564 g/mol. The highest BCUT2D eigenvalue weighted by molar-refractivity contribution is 6.31. The highest BCUT2D eigenvalue weighted by Gasteiger charge is 2.36. The normalized spacial score (nSPS) is 13.7. The van der Waals surface area contributed by atoms with E-state index >= 15 is 0 Å². The van der Waals surface area contributed by atoms with Gasteiger partial charge in [-0.15, -0.1) is 0 Å². The van der Waals surface area contributed by atoms with Gasteiger partial charge in [0.2, 0.25) is 5.75 Å². The van der Waals surface area contributed by atoms with Crippen LogP contribution in [0.5, 0.6) is 5.75 Å². The van der Waals surface area contributed by atoms with Gasteiger partial charge in [-0.2, -0.15) is 13.2 Å². The molecule has 10 nitrogen and oxygen atoms in total. The standard InChI is InChI=1S/C25H20ClF3N4O6/c1-30-17-8-7-15(9-18(17)32(22(30)35)10-13-5-6-13)31-12-19(39-24(37)38)21(34)33(23(31)36)11-14-3-2-4-16(26)20(14)25(27,28)29/h2-4,7-9,12-13H,5-6,10-11H2,1H3,(H,37,38). The number of rotatable bonds is 6. The van der Waals surface area contributed by atoms with Crippen molar-refractivity contribution in [2.75, 3.05) is 0 Å². The molecule has 2 heterocycles. The molecule has 0 spiro atoms. The zero-order valence-corrected chi connectivity index (χ0v) is 21.0. The second kappa shape index (κ2) is 9.49. The number of benzene rings is 2. The molecule has 39 heavy (non-hydrogen) atoms. The van der Waals surface area contributed by atoms with E-state index in [9.17, 15) is 32.3 Å². The Bertz CT molecular complexity index is 1810. The minimum Gasteiger partial charge on any atom is -0.449 e. The SMILES string of the molecule is Cn1c(=O)n(CC2CC2)c2cc(-n3cc(OC(=O)O)c(=O)n(Cc4cccc(Cl)c4C(F)(F)F)c3=O)ccc21. The van der Waals surface area contributed by atoms with Crippen molar-refractivity contribution in [1.29, 1.82) is 0 Å². The third kappa shape index (κ3) is 4.85. The van der Waals surface area contributed by atoms with Gasteiger partial charge in [0.05, 0.1) is 40.0 Å². The summed E-state index contributed by atoms with van der Waals surface area (Å²) in [7, 11) is 1.60. The fourth-order valence-electron chi connectivity index (χ4n) is 4.54. The topological polar surface area (TPSA) is 117 Å². The van der Waals surface area contributed by atoms with Crippen molar-refractivity contribution < 1.29 is 27.8 Å². The van der Waals surface area contributed by atoms with Crippen molar-refractivity contribution in [3.8, 4) is 11.4 Å². The number of nitrogens with zero attached hydrogens (tertiary/aromatic N) is 4. The Balaban J connectivity index is 1.72. The van der Waals surface area contributed by atoms with E-state index in [0.29, 0.717) is 28.1 Å². The number of imidazole rings is 1. The van der Waals surface area contributed by atoms with Gasteiger partial charge in [0.1, 0.15) is 0 Å². The van der Waals surface area contributed by atoms with Gasteiger partial charge in [-0.1, -0.05) is 23.7 Å². The maximum absolute atomic E-state index is 13.7. The average molecular weight is 565 g/mol. The quantitative estimate of drug-likeness (QED) is 0.356. The smallest absolute Gasteiger partial charge is 0.449 e. The van der Waals surface area contributed by atoms with Gasteiger partial charge in [-0.25, -0.2) is 14.4 Å². The Kier molecular flexibility index (Phi) is 6.41. The van der Waals surface area contributed by atoms with E-state index in [0.717, 1.165) is 35.7 Å². The molecule has 14 heteroatoms. The number of aryl methyl sites for hydroxylation is 1. The first-order chi connectivity index (χ1) is 18.4. The molecule has 5 rings (SSSR count). The van der Waals surface area contributed by atoms with Crippen molar-refractivity contribution in [2.45, 2.75) is 32.1 Å². The Morgan fingerprint density at radius 2 is 1.79 bits per heavy atom. The van der Waals surface area contributed by atoms with Crippen LogP contribution in [0.25, 0.3) is 16.7 Å². The number of aromatic nitrogens is 4. The number of alkyl halides is 3. The molecule has 1 fully saturated rings. The number of halogens is 4. The summed E-state index contributed by atoms with van der Waals surface area (Å²) >= 11 is 5.79. The minimum atomic E-state index is -4.89. The van der Waals surface area contributed by atoms with Gasteiger partial charge < -0.3 is 9.84 Å². The molecule has 1 aliphatic carbocycles. The highest BCUT2D eigenvalue weighted by Crippen LogP contribution is 2.37. The number of carbonyl (C=O) groups is 1. The lowest BCUT2D eigenvalue weighted by Gasteiger charge is -2.17. The third-order valence-corrected chi connectivity index (χ3v) is 6.91. The first-order valence-electron chi connectivity index (χ1n) is 11.7. The predicted octanol–water partition coefficient (Wildman–Crippen LogP) is 3.84. The third-order valence-electron chi connectivity index (χ3n) is 6.59. The second-order valence-corrected chi connectivity index (χ2v) is 9.65. The lowest BCUT2D eigenvalue weighted by atomic mass is 10.1. The summed E-state index contributed by atoms with van der Waals surface area (Å²) in [5.41, 5.74) is -3.09. The molecule has 0 saturated heterocycles. The number of hydrogen-bond acceptors (Lipinski definition) is 5. The van der Waals surface area contributed by atoms with Gasteiger partial charge >= 0.3 is 23.7 Å². The maximum atomic E-state index is 13.7. The van der Waals surface area contributed by atoms with E-state index in [-0.39, 0.29) is 11.4 Å². The average Bonchev–Trinajstić information content (AvgIpc) is 3.65. The van der Waals surface area contributed by atoms with Crippen LogP contribution in [0.4, 0.5) is 18.0 Å². The lowest BCUT2D eigenvalue weighted by Crippen LogP contribution is -2.40. The van der Waals surface area contributed by atoms with Crippen molar-refractivity contribution >= 4 is 28.8 Å². The molecule has 1 aliphatic rings. The molecule has 0 bridgehead atoms. The van der Waals surface area contributed by atoms with Crippen molar-refractivity contribution in [3.63, 3.8) is 0 Å². The number of carboxylic acid groups (broad SMARTS) is 1. The Morgan fingerprint density at radius 3 is 2.44 bits per heavy atom. The molecule has 204 valence electrons. The Labute approximate surface area is 221 Å². The van der Waals surface area contributed by atoms with Crippen LogP contribution in [-0.4, -0.2) is 29.5 Å². The lowest BCUT2D eigenvalue weighted by molar-refractivity contribution is -0.138. The van der Waals surface area contributed by atoms with Crippen molar-refractivity contribution in [1.82, 2.24) is 18.3 Å². The molecule has 1 saturated carbocycles. The van der Waals surface area contributed by atoms with Gasteiger partial charge in [-0.05, 0) is 48.6 Å². The van der Waals surface area contributed by atoms with Gasteiger partial charge in [-0.3, -0.25) is 23.1 Å². The molecule has 0 unspecified atom stereocenters. The largest absolute Gasteiger partial charge is 0.511 e. The molecule has 2 aromatic heterocycles. The summed E-state index contributed by atoms with van der Waals surface area (Å²) in [6, 6.07) is 7.87. The van der Waals surface area contributed by atoms with Crippen LogP contribution in [0.3, 0.4) is 0 Å². The molecular weight excluding hydrogens is 545 g/mol. The van der Waals surface area contributed by atoms with Crippen LogP contribution in [0.2, 0.25) is 5.02 Å². The van der Waals surface area contributed by atoms with Crippen LogP contribution in [0.1, 0.15) is 24.0 Å². The van der Waals surface area contributed by atoms with Crippen LogP contribution in [0, 0.1) is 5.92 Å². The fraction of sp³-hybridized carbons (Fsp3) is 0.280. The van der Waals surface area contributed by atoms with Gasteiger partial charge in [0.15, 0.2) is 0 Å². The maximum Gasteiger partial charge on any atom is 0.511 e. The van der Waals surface area contributed by atoms with Crippen LogP contribution >= 0.6 is 11.6 Å². The van der Waals surface area contributed by atoms with E-state index in [2.05, 4.69) is 4.74 Å². The number of ether oxygens (including phenoxy) is 1.